The minimum absolute atomic E-state index is 0.343. The molecule has 0 radical (unpaired) electrons. The second kappa shape index (κ2) is 7.03. The molecule has 0 saturated carbocycles. The van der Waals surface area contributed by atoms with Crippen molar-refractivity contribution in [2.45, 2.75) is 32.0 Å². The van der Waals surface area contributed by atoms with Crippen LogP contribution in [-0.2, 0) is 11.3 Å². The standard InChI is InChI=1S/C22H25NO2/c1-16-8-9-18(12-22(16)24-2)19-10-20-14-25-15-21(11-19)23(20)13-17-6-4-3-5-7-17/h3-10,12,20-21H,11,13-15H2,1-2H3. The number of ether oxygens (including phenoxy) is 2. The van der Waals surface area contributed by atoms with Crippen molar-refractivity contribution in [1.29, 1.82) is 0 Å². The van der Waals surface area contributed by atoms with Gasteiger partial charge >= 0.3 is 0 Å². The molecule has 0 aromatic heterocycles. The zero-order valence-corrected chi connectivity index (χ0v) is 14.9. The van der Waals surface area contributed by atoms with Crippen molar-refractivity contribution >= 4 is 5.57 Å². The minimum Gasteiger partial charge on any atom is -0.496 e. The van der Waals surface area contributed by atoms with E-state index in [1.54, 1.807) is 7.11 Å². The fourth-order valence-electron chi connectivity index (χ4n) is 3.94. The van der Waals surface area contributed by atoms with Crippen molar-refractivity contribution in [1.82, 2.24) is 4.90 Å². The molecule has 2 aromatic carbocycles. The Balaban J connectivity index is 1.61. The number of benzene rings is 2. The Bertz CT molecular complexity index is 769. The number of morpholine rings is 1. The summed E-state index contributed by atoms with van der Waals surface area (Å²) in [6.45, 7) is 4.65. The van der Waals surface area contributed by atoms with Crippen LogP contribution in [-0.4, -0.2) is 37.3 Å². The second-order valence-corrected chi connectivity index (χ2v) is 7.00. The number of methoxy groups -OCH3 is 1. The molecule has 1 fully saturated rings. The Hall–Kier alpha value is -2.10. The molecule has 2 aliphatic heterocycles. The molecule has 0 amide bonds. The largest absolute Gasteiger partial charge is 0.496 e. The minimum atomic E-state index is 0.343. The van der Waals surface area contributed by atoms with E-state index in [0.717, 1.165) is 31.9 Å². The van der Waals surface area contributed by atoms with Gasteiger partial charge in [0.25, 0.3) is 0 Å². The third-order valence-corrected chi connectivity index (χ3v) is 5.33. The van der Waals surface area contributed by atoms with Gasteiger partial charge in [0.15, 0.2) is 0 Å². The Labute approximate surface area is 149 Å². The van der Waals surface area contributed by atoms with Crippen molar-refractivity contribution in [2.24, 2.45) is 0 Å². The molecule has 3 nitrogen and oxygen atoms in total. The van der Waals surface area contributed by atoms with E-state index in [0.29, 0.717) is 12.1 Å². The van der Waals surface area contributed by atoms with E-state index in [2.05, 4.69) is 66.4 Å². The average Bonchev–Trinajstić information content (AvgIpc) is 2.63. The van der Waals surface area contributed by atoms with Crippen LogP contribution in [0.25, 0.3) is 5.57 Å². The summed E-state index contributed by atoms with van der Waals surface area (Å²) in [4.78, 5) is 2.59. The van der Waals surface area contributed by atoms with Crippen molar-refractivity contribution in [3.63, 3.8) is 0 Å². The fourth-order valence-corrected chi connectivity index (χ4v) is 3.94. The van der Waals surface area contributed by atoms with Crippen LogP contribution in [0, 0.1) is 6.92 Å². The molecule has 0 spiro atoms. The summed E-state index contributed by atoms with van der Waals surface area (Å²) in [7, 11) is 1.74. The zero-order chi connectivity index (χ0) is 17.2. The van der Waals surface area contributed by atoms with E-state index in [9.17, 15) is 0 Å². The van der Waals surface area contributed by atoms with E-state index < -0.39 is 0 Å². The summed E-state index contributed by atoms with van der Waals surface area (Å²) in [5.41, 5.74) is 5.24. The van der Waals surface area contributed by atoms with Gasteiger partial charge in [-0.15, -0.1) is 0 Å². The lowest BCUT2D eigenvalue weighted by molar-refractivity contribution is -0.0402. The summed E-state index contributed by atoms with van der Waals surface area (Å²) in [6.07, 6.45) is 3.41. The highest BCUT2D eigenvalue weighted by molar-refractivity contribution is 5.69. The van der Waals surface area contributed by atoms with Crippen LogP contribution in [0.2, 0.25) is 0 Å². The molecular weight excluding hydrogens is 310 g/mol. The fraction of sp³-hybridized carbons (Fsp3) is 0.364. The molecule has 0 N–H and O–H groups in total. The van der Waals surface area contributed by atoms with Crippen LogP contribution in [0.1, 0.15) is 23.1 Å². The van der Waals surface area contributed by atoms with Crippen LogP contribution in [0.15, 0.2) is 54.6 Å². The first-order valence-corrected chi connectivity index (χ1v) is 8.97. The van der Waals surface area contributed by atoms with Crippen LogP contribution in [0.3, 0.4) is 0 Å². The monoisotopic (exact) mass is 335 g/mol. The quantitative estimate of drug-likeness (QED) is 0.841. The summed E-state index contributed by atoms with van der Waals surface area (Å²) in [5, 5.41) is 0. The van der Waals surface area contributed by atoms with E-state index >= 15 is 0 Å². The average molecular weight is 335 g/mol. The predicted molar refractivity (Wildman–Crippen MR) is 101 cm³/mol. The maximum Gasteiger partial charge on any atom is 0.122 e. The molecule has 4 rings (SSSR count). The highest BCUT2D eigenvalue weighted by Crippen LogP contribution is 2.35. The third kappa shape index (κ3) is 3.35. The zero-order valence-electron chi connectivity index (χ0n) is 14.9. The smallest absolute Gasteiger partial charge is 0.122 e. The summed E-state index contributed by atoms with van der Waals surface area (Å²) in [6, 6.07) is 18.0. The summed E-state index contributed by atoms with van der Waals surface area (Å²) in [5.74, 6) is 0.964. The maximum absolute atomic E-state index is 5.84. The van der Waals surface area contributed by atoms with Gasteiger partial charge in [-0.2, -0.15) is 0 Å². The number of rotatable bonds is 4. The molecule has 25 heavy (non-hydrogen) atoms. The molecular formula is C22H25NO2. The molecule has 2 unspecified atom stereocenters. The van der Waals surface area contributed by atoms with E-state index in [1.807, 2.05) is 0 Å². The van der Waals surface area contributed by atoms with Crippen molar-refractivity contribution < 1.29 is 9.47 Å². The van der Waals surface area contributed by atoms with Crippen molar-refractivity contribution in [3.8, 4) is 5.75 Å². The first kappa shape index (κ1) is 16.4. The van der Waals surface area contributed by atoms with Gasteiger partial charge < -0.3 is 9.47 Å². The third-order valence-electron chi connectivity index (χ3n) is 5.33. The van der Waals surface area contributed by atoms with E-state index in [4.69, 9.17) is 9.47 Å². The first-order chi connectivity index (χ1) is 12.2. The molecule has 0 aliphatic carbocycles. The Morgan fingerprint density at radius 3 is 2.72 bits per heavy atom. The summed E-state index contributed by atoms with van der Waals surface area (Å²) < 4.78 is 11.3. The molecule has 3 heteroatoms. The topological polar surface area (TPSA) is 21.7 Å². The van der Waals surface area contributed by atoms with Gasteiger partial charge in [-0.3, -0.25) is 4.90 Å². The van der Waals surface area contributed by atoms with Gasteiger partial charge in [-0.05, 0) is 41.7 Å². The molecule has 130 valence electrons. The predicted octanol–water partition coefficient (Wildman–Crippen LogP) is 4.06. The van der Waals surface area contributed by atoms with Gasteiger partial charge in [0, 0.05) is 12.6 Å². The van der Waals surface area contributed by atoms with Crippen LogP contribution >= 0.6 is 0 Å². The Morgan fingerprint density at radius 1 is 1.12 bits per heavy atom. The van der Waals surface area contributed by atoms with E-state index in [1.165, 1.54) is 22.3 Å². The maximum atomic E-state index is 5.84. The van der Waals surface area contributed by atoms with Gasteiger partial charge in [0.1, 0.15) is 5.75 Å². The normalized spacial score (nSPS) is 23.2. The lowest BCUT2D eigenvalue weighted by Gasteiger charge is -2.45. The highest BCUT2D eigenvalue weighted by Gasteiger charge is 2.34. The van der Waals surface area contributed by atoms with Gasteiger partial charge in [0.05, 0.1) is 26.4 Å². The second-order valence-electron chi connectivity index (χ2n) is 7.00. The van der Waals surface area contributed by atoms with Crippen molar-refractivity contribution in [3.05, 3.63) is 71.3 Å². The number of nitrogens with zero attached hydrogens (tertiary/aromatic N) is 1. The van der Waals surface area contributed by atoms with Crippen LogP contribution in [0.5, 0.6) is 5.75 Å². The Morgan fingerprint density at radius 2 is 1.96 bits per heavy atom. The number of fused-ring (bicyclic) bond motifs is 2. The van der Waals surface area contributed by atoms with Gasteiger partial charge in [-0.1, -0.05) is 48.5 Å². The molecule has 2 heterocycles. The lowest BCUT2D eigenvalue weighted by atomic mass is 9.89. The van der Waals surface area contributed by atoms with Gasteiger partial charge in [-0.25, -0.2) is 0 Å². The number of hydrogen-bond acceptors (Lipinski definition) is 3. The number of aryl methyl sites for hydroxylation is 1. The van der Waals surface area contributed by atoms with Crippen LogP contribution in [0.4, 0.5) is 0 Å². The Kier molecular flexibility index (Phi) is 4.60. The lowest BCUT2D eigenvalue weighted by Crippen LogP contribution is -2.53. The first-order valence-electron chi connectivity index (χ1n) is 8.97. The molecule has 2 atom stereocenters. The van der Waals surface area contributed by atoms with Crippen molar-refractivity contribution in [2.75, 3.05) is 20.3 Å². The summed E-state index contributed by atoms with van der Waals surface area (Å²) >= 11 is 0. The molecule has 2 aliphatic rings. The highest BCUT2D eigenvalue weighted by atomic mass is 16.5. The SMILES string of the molecule is COc1cc(C2=CC3COCC(C2)N3Cc2ccccc2)ccc1C. The van der Waals surface area contributed by atoms with Crippen LogP contribution < -0.4 is 4.74 Å². The van der Waals surface area contributed by atoms with E-state index in [-0.39, 0.29) is 0 Å². The molecule has 2 aromatic rings. The molecule has 1 saturated heterocycles. The molecule has 2 bridgehead atoms. The number of hydrogen-bond donors (Lipinski definition) is 0. The van der Waals surface area contributed by atoms with Gasteiger partial charge in [0.2, 0.25) is 0 Å².